The van der Waals surface area contributed by atoms with E-state index in [1.807, 2.05) is 24.3 Å². The van der Waals surface area contributed by atoms with E-state index in [0.29, 0.717) is 23.6 Å². The highest BCUT2D eigenvalue weighted by Crippen LogP contribution is 2.25. The minimum absolute atomic E-state index is 0.0893. The predicted molar refractivity (Wildman–Crippen MR) is 104 cm³/mol. The first-order valence-electron chi connectivity index (χ1n) is 8.48. The number of rotatable bonds is 8. The van der Waals surface area contributed by atoms with Gasteiger partial charge in [-0.15, -0.1) is 0 Å². The van der Waals surface area contributed by atoms with E-state index in [2.05, 4.69) is 10.6 Å². The van der Waals surface area contributed by atoms with Crippen LogP contribution in [0.2, 0.25) is 0 Å². The monoisotopic (exact) mass is 374 g/mol. The van der Waals surface area contributed by atoms with E-state index in [1.165, 1.54) is 14.2 Å². The van der Waals surface area contributed by atoms with E-state index in [4.69, 9.17) is 14.2 Å². The molecule has 7 heteroatoms. The van der Waals surface area contributed by atoms with Gasteiger partial charge in [0, 0.05) is 36.9 Å². The lowest BCUT2D eigenvalue weighted by atomic mass is 9.96. The summed E-state index contributed by atoms with van der Waals surface area (Å²) in [5.41, 5.74) is 0.372. The van der Waals surface area contributed by atoms with Crippen molar-refractivity contribution in [3.05, 3.63) is 48.0 Å². The van der Waals surface area contributed by atoms with E-state index < -0.39 is 11.6 Å². The molecule has 2 rings (SSSR count). The molecule has 0 fully saturated rings. The molecule has 0 spiro atoms. The molecule has 27 heavy (non-hydrogen) atoms. The molecule has 1 unspecified atom stereocenters. The second-order valence-electron chi connectivity index (χ2n) is 6.43. The Kier molecular flexibility index (Phi) is 6.90. The number of amides is 2. The quantitative estimate of drug-likeness (QED) is 0.661. The van der Waals surface area contributed by atoms with E-state index >= 15 is 0 Å². The first-order valence-corrected chi connectivity index (χ1v) is 8.48. The SMILES string of the molecule is COc1ccc(CC(C)(O)CNC(=O)Nc2cc(OC)cc(OC)c2)cc1. The summed E-state index contributed by atoms with van der Waals surface area (Å²) in [5.74, 6) is 1.89. The Bertz CT molecular complexity index is 737. The Morgan fingerprint density at radius 3 is 2.04 bits per heavy atom. The van der Waals surface area contributed by atoms with Gasteiger partial charge in [0.15, 0.2) is 0 Å². The Morgan fingerprint density at radius 1 is 0.963 bits per heavy atom. The zero-order valence-electron chi connectivity index (χ0n) is 16.0. The van der Waals surface area contributed by atoms with Crippen LogP contribution in [0.5, 0.6) is 17.2 Å². The van der Waals surface area contributed by atoms with Crippen molar-refractivity contribution in [3.63, 3.8) is 0 Å². The van der Waals surface area contributed by atoms with Gasteiger partial charge in [-0.05, 0) is 24.6 Å². The summed E-state index contributed by atoms with van der Waals surface area (Å²) in [5, 5.41) is 15.9. The summed E-state index contributed by atoms with van der Waals surface area (Å²) in [4.78, 5) is 12.2. The van der Waals surface area contributed by atoms with Crippen molar-refractivity contribution in [2.45, 2.75) is 18.9 Å². The summed E-state index contributed by atoms with van der Waals surface area (Å²) in [6.07, 6.45) is 0.393. The van der Waals surface area contributed by atoms with Gasteiger partial charge in [-0.3, -0.25) is 0 Å². The van der Waals surface area contributed by atoms with Crippen LogP contribution in [0.25, 0.3) is 0 Å². The third-order valence-electron chi connectivity index (χ3n) is 3.98. The molecular formula is C20H26N2O5. The first kappa shape index (κ1) is 20.4. The molecule has 2 amide bonds. The second kappa shape index (κ2) is 9.14. The number of hydrogen-bond acceptors (Lipinski definition) is 5. The zero-order valence-corrected chi connectivity index (χ0v) is 16.0. The van der Waals surface area contributed by atoms with Gasteiger partial charge in [0.2, 0.25) is 0 Å². The lowest BCUT2D eigenvalue weighted by molar-refractivity contribution is 0.0629. The molecule has 0 aromatic heterocycles. The highest BCUT2D eigenvalue weighted by Gasteiger charge is 2.22. The summed E-state index contributed by atoms with van der Waals surface area (Å²) in [6.45, 7) is 1.76. The summed E-state index contributed by atoms with van der Waals surface area (Å²) in [7, 11) is 4.68. The third-order valence-corrected chi connectivity index (χ3v) is 3.98. The fourth-order valence-corrected chi connectivity index (χ4v) is 2.57. The van der Waals surface area contributed by atoms with Crippen molar-refractivity contribution in [3.8, 4) is 17.2 Å². The molecule has 7 nitrogen and oxygen atoms in total. The van der Waals surface area contributed by atoms with Crippen LogP contribution in [0.15, 0.2) is 42.5 Å². The Morgan fingerprint density at radius 2 is 1.52 bits per heavy atom. The Labute approximate surface area is 159 Å². The fraction of sp³-hybridized carbons (Fsp3) is 0.350. The van der Waals surface area contributed by atoms with Gasteiger partial charge in [0.05, 0.1) is 26.9 Å². The van der Waals surface area contributed by atoms with Crippen LogP contribution in [-0.2, 0) is 6.42 Å². The average Bonchev–Trinajstić information content (AvgIpc) is 2.66. The Balaban J connectivity index is 1.91. The number of urea groups is 1. The average molecular weight is 374 g/mol. The largest absolute Gasteiger partial charge is 0.497 e. The van der Waals surface area contributed by atoms with Gasteiger partial charge >= 0.3 is 6.03 Å². The highest BCUT2D eigenvalue weighted by molar-refractivity contribution is 5.89. The van der Waals surface area contributed by atoms with Gasteiger partial charge < -0.3 is 30.0 Å². The van der Waals surface area contributed by atoms with E-state index in [0.717, 1.165) is 11.3 Å². The molecule has 0 heterocycles. The minimum atomic E-state index is -1.10. The van der Waals surface area contributed by atoms with Gasteiger partial charge in [0.1, 0.15) is 17.2 Å². The van der Waals surface area contributed by atoms with Crippen LogP contribution in [-0.4, -0.2) is 44.6 Å². The van der Waals surface area contributed by atoms with Crippen molar-refractivity contribution in [1.82, 2.24) is 5.32 Å². The van der Waals surface area contributed by atoms with Crippen LogP contribution in [0.1, 0.15) is 12.5 Å². The maximum absolute atomic E-state index is 12.2. The highest BCUT2D eigenvalue weighted by atomic mass is 16.5. The van der Waals surface area contributed by atoms with E-state index in [-0.39, 0.29) is 6.54 Å². The normalized spacial score (nSPS) is 12.6. The molecule has 1 atom stereocenters. The van der Waals surface area contributed by atoms with E-state index in [9.17, 15) is 9.90 Å². The minimum Gasteiger partial charge on any atom is -0.497 e. The molecular weight excluding hydrogens is 348 g/mol. The van der Waals surface area contributed by atoms with Crippen LogP contribution < -0.4 is 24.8 Å². The van der Waals surface area contributed by atoms with Gasteiger partial charge in [0.25, 0.3) is 0 Å². The first-order chi connectivity index (χ1) is 12.8. The van der Waals surface area contributed by atoms with E-state index in [1.54, 1.807) is 32.2 Å². The molecule has 2 aromatic rings. The maximum Gasteiger partial charge on any atom is 0.319 e. The second-order valence-corrected chi connectivity index (χ2v) is 6.43. The van der Waals surface area contributed by atoms with Crippen molar-refractivity contribution < 1.29 is 24.1 Å². The maximum atomic E-state index is 12.2. The smallest absolute Gasteiger partial charge is 0.319 e. The molecule has 146 valence electrons. The number of anilines is 1. The van der Waals surface area contributed by atoms with Crippen LogP contribution in [0.3, 0.4) is 0 Å². The number of ether oxygens (including phenoxy) is 3. The standard InChI is InChI=1S/C20H26N2O5/c1-20(24,12-14-5-7-16(25-2)8-6-14)13-21-19(23)22-15-9-17(26-3)11-18(10-15)27-4/h5-11,24H,12-13H2,1-4H3,(H2,21,22,23). The molecule has 0 aliphatic heterocycles. The van der Waals surface area contributed by atoms with Crippen molar-refractivity contribution >= 4 is 11.7 Å². The van der Waals surface area contributed by atoms with Crippen molar-refractivity contribution in [1.29, 1.82) is 0 Å². The zero-order chi connectivity index (χ0) is 19.9. The van der Waals surface area contributed by atoms with Crippen LogP contribution in [0, 0.1) is 0 Å². The van der Waals surface area contributed by atoms with Gasteiger partial charge in [-0.25, -0.2) is 4.79 Å². The molecule has 0 radical (unpaired) electrons. The summed E-state index contributed by atoms with van der Waals surface area (Å²) in [6, 6.07) is 12.1. The number of hydrogen-bond donors (Lipinski definition) is 3. The topological polar surface area (TPSA) is 89.1 Å². The molecule has 0 aliphatic rings. The van der Waals surface area contributed by atoms with Crippen LogP contribution >= 0.6 is 0 Å². The number of benzene rings is 2. The fourth-order valence-electron chi connectivity index (χ4n) is 2.57. The molecule has 0 aliphatic carbocycles. The molecule has 0 bridgehead atoms. The lowest BCUT2D eigenvalue weighted by Crippen LogP contribution is -2.43. The number of nitrogens with one attached hydrogen (secondary N) is 2. The van der Waals surface area contributed by atoms with Crippen molar-refractivity contribution in [2.75, 3.05) is 33.2 Å². The molecule has 0 saturated carbocycles. The lowest BCUT2D eigenvalue weighted by Gasteiger charge is -2.24. The van der Waals surface area contributed by atoms with Gasteiger partial charge in [-0.1, -0.05) is 12.1 Å². The predicted octanol–water partition coefficient (Wildman–Crippen LogP) is 2.83. The number of carbonyl (C=O) groups is 1. The molecule has 0 saturated heterocycles. The van der Waals surface area contributed by atoms with Gasteiger partial charge in [-0.2, -0.15) is 0 Å². The molecule has 2 aromatic carbocycles. The third kappa shape index (κ3) is 6.38. The molecule has 3 N–H and O–H groups in total. The van der Waals surface area contributed by atoms with Crippen molar-refractivity contribution in [2.24, 2.45) is 0 Å². The Hall–Kier alpha value is -2.93. The number of aliphatic hydroxyl groups is 1. The van der Waals surface area contributed by atoms with Crippen LogP contribution in [0.4, 0.5) is 10.5 Å². The number of carbonyl (C=O) groups excluding carboxylic acids is 1. The summed E-state index contributed by atoms with van der Waals surface area (Å²) >= 11 is 0. The number of methoxy groups -OCH3 is 3. The summed E-state index contributed by atoms with van der Waals surface area (Å²) < 4.78 is 15.5.